The van der Waals surface area contributed by atoms with Gasteiger partial charge in [-0.05, 0) is 18.2 Å². The third kappa shape index (κ3) is 4.19. The molecule has 7 nitrogen and oxygen atoms in total. The van der Waals surface area contributed by atoms with Gasteiger partial charge in [0.25, 0.3) is 0 Å². The Morgan fingerprint density at radius 3 is 2.67 bits per heavy atom. The number of hydrogen-bond donors (Lipinski definition) is 1. The van der Waals surface area contributed by atoms with Crippen molar-refractivity contribution < 1.29 is 27.8 Å². The SMILES string of the molecule is COCCOC(=O)[C@@H]1C[C@@H](O)CN1S(=O)(=O)c1ccc(Cl)c(Cl)c1. The molecule has 0 saturated carbocycles. The van der Waals surface area contributed by atoms with Gasteiger partial charge in [0.05, 0.1) is 27.7 Å². The summed E-state index contributed by atoms with van der Waals surface area (Å²) >= 11 is 11.7. The molecule has 0 spiro atoms. The molecule has 1 N–H and O–H groups in total. The molecule has 0 aromatic heterocycles. The molecule has 1 saturated heterocycles. The van der Waals surface area contributed by atoms with Gasteiger partial charge in [-0.3, -0.25) is 4.79 Å². The fourth-order valence-corrected chi connectivity index (χ4v) is 4.37. The quantitative estimate of drug-likeness (QED) is 0.574. The molecule has 0 aliphatic carbocycles. The van der Waals surface area contributed by atoms with Crippen molar-refractivity contribution in [2.75, 3.05) is 26.9 Å². The lowest BCUT2D eigenvalue weighted by atomic mass is 10.2. The summed E-state index contributed by atoms with van der Waals surface area (Å²) in [5, 5.41) is 10.1. The molecule has 0 bridgehead atoms. The molecule has 134 valence electrons. The summed E-state index contributed by atoms with van der Waals surface area (Å²) in [4.78, 5) is 12.0. The highest BCUT2D eigenvalue weighted by Gasteiger charge is 2.44. The van der Waals surface area contributed by atoms with Crippen molar-refractivity contribution in [1.29, 1.82) is 0 Å². The summed E-state index contributed by atoms with van der Waals surface area (Å²) < 4.78 is 36.2. The van der Waals surface area contributed by atoms with Crippen molar-refractivity contribution in [3.8, 4) is 0 Å². The Labute approximate surface area is 150 Å². The monoisotopic (exact) mass is 397 g/mol. The van der Waals surface area contributed by atoms with Gasteiger partial charge in [0.2, 0.25) is 10.0 Å². The zero-order valence-electron chi connectivity index (χ0n) is 12.8. The molecule has 1 fully saturated rings. The van der Waals surface area contributed by atoms with Gasteiger partial charge in [-0.2, -0.15) is 4.31 Å². The molecule has 0 unspecified atom stereocenters. The fourth-order valence-electron chi connectivity index (χ4n) is 2.36. The predicted molar refractivity (Wildman–Crippen MR) is 87.6 cm³/mol. The van der Waals surface area contributed by atoms with Crippen molar-refractivity contribution in [2.24, 2.45) is 0 Å². The van der Waals surface area contributed by atoms with Gasteiger partial charge in [-0.15, -0.1) is 0 Å². The average Bonchev–Trinajstić information content (AvgIpc) is 2.93. The number of halogens is 2. The number of aliphatic hydroxyl groups excluding tert-OH is 1. The van der Waals surface area contributed by atoms with E-state index in [4.69, 9.17) is 32.7 Å². The van der Waals surface area contributed by atoms with Crippen LogP contribution in [0.3, 0.4) is 0 Å². The maximum Gasteiger partial charge on any atom is 0.324 e. The van der Waals surface area contributed by atoms with Crippen molar-refractivity contribution >= 4 is 39.2 Å². The Balaban J connectivity index is 2.25. The van der Waals surface area contributed by atoms with Gasteiger partial charge in [0, 0.05) is 20.1 Å². The van der Waals surface area contributed by atoms with Crippen LogP contribution in [0.4, 0.5) is 0 Å². The Morgan fingerprint density at radius 2 is 2.04 bits per heavy atom. The molecular formula is C14H17Cl2NO6S. The van der Waals surface area contributed by atoms with Crippen LogP contribution < -0.4 is 0 Å². The van der Waals surface area contributed by atoms with Gasteiger partial charge < -0.3 is 14.6 Å². The molecule has 2 rings (SSSR count). The molecule has 1 aromatic carbocycles. The normalized spacial score (nSPS) is 21.8. The smallest absolute Gasteiger partial charge is 0.324 e. The van der Waals surface area contributed by atoms with Gasteiger partial charge in [0.1, 0.15) is 12.6 Å². The first-order chi connectivity index (χ1) is 11.3. The van der Waals surface area contributed by atoms with Crippen LogP contribution in [0.15, 0.2) is 23.1 Å². The van der Waals surface area contributed by atoms with E-state index in [2.05, 4.69) is 0 Å². The first-order valence-corrected chi connectivity index (χ1v) is 9.27. The predicted octanol–water partition coefficient (Wildman–Crippen LogP) is 1.31. The fraction of sp³-hybridized carbons (Fsp3) is 0.500. The van der Waals surface area contributed by atoms with E-state index in [0.717, 1.165) is 4.31 Å². The largest absolute Gasteiger partial charge is 0.462 e. The Bertz CT molecular complexity index is 711. The van der Waals surface area contributed by atoms with Crippen LogP contribution in [0, 0.1) is 0 Å². The maximum atomic E-state index is 12.8. The van der Waals surface area contributed by atoms with Crippen LogP contribution in [0.5, 0.6) is 0 Å². The summed E-state index contributed by atoms with van der Waals surface area (Å²) in [7, 11) is -2.58. The Morgan fingerprint density at radius 1 is 1.33 bits per heavy atom. The van der Waals surface area contributed by atoms with Crippen LogP contribution in [-0.2, 0) is 24.3 Å². The maximum absolute atomic E-state index is 12.8. The molecule has 1 aliphatic heterocycles. The second kappa shape index (κ2) is 7.99. The summed E-state index contributed by atoms with van der Waals surface area (Å²) in [6, 6.07) is 2.75. The second-order valence-electron chi connectivity index (χ2n) is 5.22. The lowest BCUT2D eigenvalue weighted by molar-refractivity contribution is -0.148. The number of aliphatic hydroxyl groups is 1. The van der Waals surface area contributed by atoms with Crippen LogP contribution >= 0.6 is 23.2 Å². The number of rotatable bonds is 6. The molecule has 2 atom stereocenters. The minimum absolute atomic E-state index is 0.00257. The van der Waals surface area contributed by atoms with Crippen molar-refractivity contribution in [2.45, 2.75) is 23.5 Å². The summed E-state index contributed by atoms with van der Waals surface area (Å²) in [6.07, 6.45) is -0.991. The van der Waals surface area contributed by atoms with E-state index < -0.39 is 28.1 Å². The number of sulfonamides is 1. The van der Waals surface area contributed by atoms with E-state index in [1.54, 1.807) is 0 Å². The minimum Gasteiger partial charge on any atom is -0.462 e. The van der Waals surface area contributed by atoms with Crippen molar-refractivity contribution in [1.82, 2.24) is 4.31 Å². The van der Waals surface area contributed by atoms with Crippen molar-refractivity contribution in [3.63, 3.8) is 0 Å². The highest BCUT2D eigenvalue weighted by molar-refractivity contribution is 7.89. The van der Waals surface area contributed by atoms with E-state index in [1.165, 1.54) is 25.3 Å². The highest BCUT2D eigenvalue weighted by atomic mass is 35.5. The summed E-state index contributed by atoms with van der Waals surface area (Å²) in [5.41, 5.74) is 0. The molecule has 10 heteroatoms. The molecule has 1 aliphatic rings. The number of benzene rings is 1. The zero-order chi connectivity index (χ0) is 17.9. The molecule has 0 amide bonds. The van der Waals surface area contributed by atoms with Crippen LogP contribution in [0.2, 0.25) is 10.0 Å². The Hall–Kier alpha value is -0.900. The highest BCUT2D eigenvalue weighted by Crippen LogP contribution is 2.30. The molecule has 0 radical (unpaired) electrons. The Kier molecular flexibility index (Phi) is 6.46. The van der Waals surface area contributed by atoms with E-state index in [0.29, 0.717) is 0 Å². The van der Waals surface area contributed by atoms with Gasteiger partial charge in [0.15, 0.2) is 0 Å². The summed E-state index contributed by atoms with van der Waals surface area (Å²) in [6.45, 7) is -0.00420. The zero-order valence-corrected chi connectivity index (χ0v) is 15.1. The molecule has 24 heavy (non-hydrogen) atoms. The number of β-amino-alcohol motifs (C(OH)–C–C–N with tert-alkyl or cyclic N) is 1. The van der Waals surface area contributed by atoms with Gasteiger partial charge >= 0.3 is 5.97 Å². The van der Waals surface area contributed by atoms with Crippen LogP contribution in [0.25, 0.3) is 0 Å². The lowest BCUT2D eigenvalue weighted by Crippen LogP contribution is -2.41. The first kappa shape index (κ1) is 19.4. The average molecular weight is 398 g/mol. The number of carbonyl (C=O) groups excluding carboxylic acids is 1. The number of esters is 1. The number of hydrogen-bond acceptors (Lipinski definition) is 6. The lowest BCUT2D eigenvalue weighted by Gasteiger charge is -2.22. The first-order valence-electron chi connectivity index (χ1n) is 7.08. The summed E-state index contributed by atoms with van der Waals surface area (Å²) in [5.74, 6) is -0.729. The van der Waals surface area contributed by atoms with E-state index >= 15 is 0 Å². The minimum atomic E-state index is -4.04. The molecular weight excluding hydrogens is 381 g/mol. The van der Waals surface area contributed by atoms with Gasteiger partial charge in [-0.25, -0.2) is 8.42 Å². The standard InChI is InChI=1S/C14H17Cl2NO6S/c1-22-4-5-23-14(19)13-6-9(18)8-17(13)24(20,21)10-2-3-11(15)12(16)7-10/h2-3,7,9,13,18H,4-6,8H2,1H3/t9-,13+/m1/s1. The number of methoxy groups -OCH3 is 1. The van der Waals surface area contributed by atoms with Gasteiger partial charge in [-0.1, -0.05) is 23.2 Å². The second-order valence-corrected chi connectivity index (χ2v) is 7.92. The number of ether oxygens (including phenoxy) is 2. The van der Waals surface area contributed by atoms with Crippen LogP contribution in [-0.4, -0.2) is 62.8 Å². The molecule has 1 aromatic rings. The topological polar surface area (TPSA) is 93.1 Å². The molecule has 1 heterocycles. The third-order valence-electron chi connectivity index (χ3n) is 3.54. The third-order valence-corrected chi connectivity index (χ3v) is 6.14. The van der Waals surface area contributed by atoms with Crippen LogP contribution in [0.1, 0.15) is 6.42 Å². The van der Waals surface area contributed by atoms with E-state index in [-0.39, 0.29) is 41.1 Å². The van der Waals surface area contributed by atoms with E-state index in [9.17, 15) is 18.3 Å². The number of nitrogens with zero attached hydrogens (tertiary/aromatic N) is 1. The van der Waals surface area contributed by atoms with Crippen molar-refractivity contribution in [3.05, 3.63) is 28.2 Å². The number of carbonyl (C=O) groups is 1. The van der Waals surface area contributed by atoms with E-state index in [1.807, 2.05) is 0 Å².